The van der Waals surface area contributed by atoms with E-state index >= 15 is 9.59 Å². The van der Waals surface area contributed by atoms with Crippen molar-refractivity contribution in [3.8, 4) is 32.8 Å². The molecule has 2 aliphatic carbocycles. The summed E-state index contributed by atoms with van der Waals surface area (Å²) in [6.45, 7) is 12.7. The number of thiocarbonyl (C=S) groups is 1. The lowest BCUT2D eigenvalue weighted by Gasteiger charge is -2.36. The number of nitrogens with zero attached hydrogens (tertiary/aromatic N) is 12. The van der Waals surface area contributed by atoms with E-state index in [1.165, 1.54) is 40.9 Å². The number of hydrogen-bond donors (Lipinski definition) is 4. The van der Waals surface area contributed by atoms with Crippen molar-refractivity contribution < 1.29 is 65.3 Å². The molecule has 4 aliphatic rings. The molecule has 4 atom stereocenters. The SMILES string of the molecule is CN(C)C=NC(=S)c1cc([C@@H](COC(=O)NC2CC2)N2C(=O)[C@@](CC(C)(C)Cc3nsc(-c4cc([C@@H](COC(=O)NC5CC5)N5C(=O)[C@@](CC(C)(C)C)(c6ccc(-c7cnn(C(F)F)c7)cc6)N=C5NC(=O)OC(C)(C)C)ccc4Cl)n3)(c3ccc(-c4cnn(C(F)F)c4)cc3)N=C2NC(=O)OC(C)(C)C)ccc1Cl. The van der Waals surface area contributed by atoms with E-state index in [9.17, 15) is 36.7 Å². The van der Waals surface area contributed by atoms with E-state index in [2.05, 4.69) is 36.5 Å². The quantitative estimate of drug-likeness (QED) is 0.0144. The number of carbonyl (C=O) groups excluding carboxylic acids is 6. The number of rotatable bonds is 24. The van der Waals surface area contributed by atoms with Crippen LogP contribution in [0.25, 0.3) is 32.8 Å². The van der Waals surface area contributed by atoms with Gasteiger partial charge in [0.05, 0.1) is 40.9 Å². The highest BCUT2D eigenvalue weighted by Gasteiger charge is 2.57. The molecule has 3 aromatic heterocycles. The number of carbonyl (C=O) groups is 6. The van der Waals surface area contributed by atoms with E-state index in [4.69, 9.17) is 73.7 Å². The molecule has 0 saturated heterocycles. The Labute approximate surface area is 652 Å². The standard InChI is InChI=1S/C76H86Cl2F4N16O10S2/c1-71(2,3)39-75(48-20-14-42(15-21-48)46-33-84-95(35-46)63(79)80)61(99)97(65(91-75)89-69(103)107-72(4,5)6)57(38-106-68(102)87-51-26-27-51)45-19-29-55(78)53(31-45)60-88-58(93-110-60)32-74(10,11)40-76(49-22-16-43(17-23-49)47-34-85-96(36-47)64(81)82)62(100)98(66(92-76)90-70(104)108-73(7,8)9)56(37-105-67(101)86-50-24-25-50)44-18-28-54(77)52(30-44)59(109)83-41-94(12)13/h14-23,28-31,33-36,41,50-51,56-57,63-64H,24-27,32,37-40H2,1-13H3,(H,86,101)(H,87,102)(H,89,91,103)(H,90,92,104)/t56-,57-,75-,76-/m1/s1. The van der Waals surface area contributed by atoms with Crippen LogP contribution in [0.2, 0.25) is 10.0 Å². The highest BCUT2D eigenvalue weighted by atomic mass is 35.5. The Morgan fingerprint density at radius 3 is 1.50 bits per heavy atom. The van der Waals surface area contributed by atoms with Gasteiger partial charge in [-0.15, -0.1) is 0 Å². The minimum atomic E-state index is -2.93. The van der Waals surface area contributed by atoms with Gasteiger partial charge in [-0.3, -0.25) is 30.0 Å². The Balaban J connectivity index is 0.989. The molecule has 0 spiro atoms. The zero-order chi connectivity index (χ0) is 79.7. The van der Waals surface area contributed by atoms with Crippen molar-refractivity contribution in [2.75, 3.05) is 27.3 Å². The van der Waals surface area contributed by atoms with Crippen LogP contribution in [0.1, 0.15) is 174 Å². The van der Waals surface area contributed by atoms with E-state index in [0.717, 1.165) is 37.2 Å². The Bertz CT molecular complexity index is 4740. The van der Waals surface area contributed by atoms with E-state index in [1.54, 1.807) is 145 Å². The Morgan fingerprint density at radius 1 is 0.636 bits per heavy atom. The predicted octanol–water partition coefficient (Wildman–Crippen LogP) is 15.5. The summed E-state index contributed by atoms with van der Waals surface area (Å²) >= 11 is 20.8. The van der Waals surface area contributed by atoms with Gasteiger partial charge < -0.3 is 34.5 Å². The Kier molecular flexibility index (Phi) is 23.7. The number of benzene rings is 4. The lowest BCUT2D eigenvalue weighted by atomic mass is 9.72. The maximum atomic E-state index is 16.6. The molecule has 0 unspecified atom stereocenters. The van der Waals surface area contributed by atoms with Crippen molar-refractivity contribution in [3.05, 3.63) is 153 Å². The van der Waals surface area contributed by atoms with Crippen molar-refractivity contribution in [2.24, 2.45) is 25.8 Å². The number of guanidine groups is 2. The minimum Gasteiger partial charge on any atom is -0.447 e. The number of hydrogen-bond acceptors (Lipinski definition) is 18. The fraction of sp³-hybridized carbons (Fsp3) is 0.447. The topological polar surface area (TPSA) is 296 Å². The number of aliphatic imine (C=N–C) groups is 3. The van der Waals surface area contributed by atoms with Crippen LogP contribution in [0.4, 0.5) is 36.7 Å². The van der Waals surface area contributed by atoms with Crippen LogP contribution in [0.3, 0.4) is 0 Å². The fourth-order valence-electron chi connectivity index (χ4n) is 12.8. The van der Waals surface area contributed by atoms with Crippen LogP contribution in [0.5, 0.6) is 0 Å². The van der Waals surface area contributed by atoms with Gasteiger partial charge in [0.25, 0.3) is 11.8 Å². The Hall–Kier alpha value is -9.92. The molecule has 0 radical (unpaired) electrons. The van der Waals surface area contributed by atoms with E-state index in [-0.39, 0.29) is 74.7 Å². The van der Waals surface area contributed by atoms with Gasteiger partial charge in [-0.1, -0.05) is 131 Å². The van der Waals surface area contributed by atoms with E-state index < -0.39 is 108 Å². The van der Waals surface area contributed by atoms with Gasteiger partial charge in [0.15, 0.2) is 11.1 Å². The number of ether oxygens (including phenoxy) is 4. The molecule has 2 fully saturated rings. The second-order valence-electron chi connectivity index (χ2n) is 31.7. The molecular weight excluding hydrogens is 1510 g/mol. The molecule has 2 saturated carbocycles. The van der Waals surface area contributed by atoms with Crippen molar-refractivity contribution in [2.45, 2.75) is 181 Å². The second-order valence-corrected chi connectivity index (χ2v) is 33.6. The first-order chi connectivity index (χ1) is 51.7. The normalized spacial score (nSPS) is 18.2. The van der Waals surface area contributed by atoms with Gasteiger partial charge in [-0.05, 0) is 160 Å². The third kappa shape index (κ3) is 19.6. The third-order valence-corrected chi connectivity index (χ3v) is 19.6. The highest BCUT2D eigenvalue weighted by Crippen LogP contribution is 2.50. The number of alkyl carbamates (subject to hydrolysis) is 4. The summed E-state index contributed by atoms with van der Waals surface area (Å²) in [4.78, 5) is 113. The average Bonchev–Trinajstić information content (AvgIpc) is 1.57. The first-order valence-electron chi connectivity index (χ1n) is 35.4. The molecule has 2 aliphatic heterocycles. The highest BCUT2D eigenvalue weighted by molar-refractivity contribution is 7.80. The van der Waals surface area contributed by atoms with Gasteiger partial charge in [0.1, 0.15) is 40.2 Å². The van der Waals surface area contributed by atoms with Crippen molar-refractivity contribution in [1.29, 1.82) is 0 Å². The maximum Gasteiger partial charge on any atom is 0.414 e. The first-order valence-corrected chi connectivity index (χ1v) is 37.4. The summed E-state index contributed by atoms with van der Waals surface area (Å²) in [6.07, 6.45) is 5.84. The summed E-state index contributed by atoms with van der Waals surface area (Å²) in [5.41, 5.74) is -3.94. The maximum absolute atomic E-state index is 16.6. The van der Waals surface area contributed by atoms with Crippen LogP contribution < -0.4 is 21.3 Å². The van der Waals surface area contributed by atoms with Crippen molar-refractivity contribution in [3.63, 3.8) is 0 Å². The van der Waals surface area contributed by atoms with Gasteiger partial charge in [-0.25, -0.2) is 48.5 Å². The largest absolute Gasteiger partial charge is 0.447 e. The minimum absolute atomic E-state index is 0.0333. The number of halogens is 6. The molecule has 6 amide bonds. The van der Waals surface area contributed by atoms with Crippen LogP contribution in [0.15, 0.2) is 125 Å². The fourth-order valence-corrected chi connectivity index (χ4v) is 14.3. The average molecular weight is 1590 g/mol. The third-order valence-electron chi connectivity index (χ3n) is 17.8. The number of amides is 6. The van der Waals surface area contributed by atoms with Crippen LogP contribution in [-0.2, 0) is 46.0 Å². The number of nitrogens with one attached hydrogen (secondary N) is 4. The molecule has 5 heterocycles. The molecule has 11 rings (SSSR count). The summed E-state index contributed by atoms with van der Waals surface area (Å²) in [5.74, 6) is -1.62. The predicted molar refractivity (Wildman–Crippen MR) is 411 cm³/mol. The smallest absolute Gasteiger partial charge is 0.414 e. The molecular formula is C76H86Cl2F4N16O10S2. The van der Waals surface area contributed by atoms with Gasteiger partial charge >= 0.3 is 37.5 Å². The zero-order valence-corrected chi connectivity index (χ0v) is 66.0. The summed E-state index contributed by atoms with van der Waals surface area (Å²) in [7, 11) is 3.52. The van der Waals surface area contributed by atoms with Crippen molar-refractivity contribution in [1.82, 2.24) is 64.9 Å². The zero-order valence-electron chi connectivity index (χ0n) is 62.8. The van der Waals surface area contributed by atoms with Gasteiger partial charge in [-0.2, -0.15) is 32.1 Å². The molecule has 584 valence electrons. The van der Waals surface area contributed by atoms with Gasteiger partial charge in [0, 0.05) is 67.2 Å². The molecule has 34 heteroatoms. The molecule has 4 aromatic carbocycles. The first kappa shape index (κ1) is 81.1. The summed E-state index contributed by atoms with van der Waals surface area (Å²) < 4.78 is 84.7. The summed E-state index contributed by atoms with van der Waals surface area (Å²) in [6, 6.07) is 20.0. The molecule has 4 N–H and O–H groups in total. The van der Waals surface area contributed by atoms with Crippen LogP contribution in [0, 0.1) is 10.8 Å². The van der Waals surface area contributed by atoms with Crippen LogP contribution >= 0.6 is 47.0 Å². The Morgan fingerprint density at radius 2 is 1.08 bits per heavy atom. The second kappa shape index (κ2) is 32.2. The van der Waals surface area contributed by atoms with Gasteiger partial charge in [0.2, 0.25) is 11.9 Å². The monoisotopic (exact) mass is 1590 g/mol. The number of aromatic nitrogens is 6. The number of alkyl halides is 4. The lowest BCUT2D eigenvalue weighted by molar-refractivity contribution is -0.135. The van der Waals surface area contributed by atoms with E-state index in [0.29, 0.717) is 59.4 Å². The molecule has 7 aromatic rings. The molecule has 26 nitrogen and oxygen atoms in total. The lowest BCUT2D eigenvalue weighted by Crippen LogP contribution is -2.50. The molecule has 110 heavy (non-hydrogen) atoms. The summed E-state index contributed by atoms with van der Waals surface area (Å²) in [5, 5.41) is 19.5. The van der Waals surface area contributed by atoms with Crippen LogP contribution in [-0.4, -0.2) is 154 Å². The van der Waals surface area contributed by atoms with Crippen molar-refractivity contribution >= 4 is 106 Å². The van der Waals surface area contributed by atoms with E-state index in [1.807, 2.05) is 34.6 Å². The molecule has 0 bridgehead atoms.